The van der Waals surface area contributed by atoms with Gasteiger partial charge in [0.1, 0.15) is 12.1 Å². The third kappa shape index (κ3) is 2.46. The van der Waals surface area contributed by atoms with Crippen molar-refractivity contribution in [3.05, 3.63) is 40.1 Å². The summed E-state index contributed by atoms with van der Waals surface area (Å²) < 4.78 is 14.9. The number of hydrogen-bond donors (Lipinski definition) is 1. The Morgan fingerprint density at radius 3 is 2.89 bits per heavy atom. The van der Waals surface area contributed by atoms with Crippen molar-refractivity contribution < 1.29 is 9.18 Å². The lowest BCUT2D eigenvalue weighted by Crippen LogP contribution is -2.15. The Morgan fingerprint density at radius 2 is 2.21 bits per heavy atom. The zero-order valence-corrected chi connectivity index (χ0v) is 10.6. The summed E-state index contributed by atoms with van der Waals surface area (Å²) in [6, 6.07) is 4.23. The number of rotatable bonds is 4. The molecule has 0 amide bonds. The van der Waals surface area contributed by atoms with Crippen molar-refractivity contribution in [1.82, 2.24) is 14.8 Å². The first kappa shape index (κ1) is 12.2. The molecule has 0 bridgehead atoms. The summed E-state index contributed by atoms with van der Waals surface area (Å²) in [5, 5.41) is 6.83. The average molecular weight is 279 g/mol. The van der Waals surface area contributed by atoms with E-state index in [1.807, 2.05) is 0 Å². The van der Waals surface area contributed by atoms with Crippen molar-refractivity contribution in [2.75, 3.05) is 0 Å². The summed E-state index contributed by atoms with van der Waals surface area (Å²) in [6.45, 7) is 0. The molecule has 2 aromatic rings. The van der Waals surface area contributed by atoms with Crippen LogP contribution < -0.4 is 5.69 Å². The Labute approximate surface area is 111 Å². The number of benzene rings is 1. The van der Waals surface area contributed by atoms with Crippen LogP contribution in [0.1, 0.15) is 29.2 Å². The Bertz CT molecular complexity index is 691. The predicted molar refractivity (Wildman–Crippen MR) is 67.0 cm³/mol. The van der Waals surface area contributed by atoms with E-state index in [0.717, 1.165) is 18.9 Å². The van der Waals surface area contributed by atoms with Gasteiger partial charge in [-0.2, -0.15) is 0 Å². The maximum absolute atomic E-state index is 13.3. The van der Waals surface area contributed by atoms with Gasteiger partial charge in [0.15, 0.2) is 5.16 Å². The second kappa shape index (κ2) is 4.65. The van der Waals surface area contributed by atoms with Gasteiger partial charge in [-0.1, -0.05) is 0 Å². The van der Waals surface area contributed by atoms with Gasteiger partial charge in [-0.25, -0.2) is 14.3 Å². The number of aromatic nitrogens is 3. The number of hydrogen-bond acceptors (Lipinski definition) is 4. The first-order chi connectivity index (χ1) is 9.17. The SMILES string of the molecule is O=Cc1cc(F)cc(Sc2n[nH]c(=O)n2C2CC2)c1. The molecule has 0 saturated heterocycles. The molecule has 0 unspecified atom stereocenters. The van der Waals surface area contributed by atoms with Crippen LogP contribution in [0.25, 0.3) is 0 Å². The van der Waals surface area contributed by atoms with Crippen molar-refractivity contribution in [1.29, 1.82) is 0 Å². The predicted octanol–water partition coefficient (Wildman–Crippen LogP) is 2.01. The molecule has 0 atom stereocenters. The van der Waals surface area contributed by atoms with Crippen LogP contribution in [0.3, 0.4) is 0 Å². The molecule has 1 aromatic heterocycles. The highest BCUT2D eigenvalue weighted by atomic mass is 32.2. The third-order valence-electron chi connectivity index (χ3n) is 2.82. The van der Waals surface area contributed by atoms with E-state index in [2.05, 4.69) is 10.2 Å². The first-order valence-corrected chi connectivity index (χ1v) is 6.59. The molecule has 1 aliphatic rings. The van der Waals surface area contributed by atoms with Crippen molar-refractivity contribution >= 4 is 18.0 Å². The van der Waals surface area contributed by atoms with E-state index in [9.17, 15) is 14.0 Å². The fourth-order valence-electron chi connectivity index (χ4n) is 1.83. The van der Waals surface area contributed by atoms with Crippen molar-refractivity contribution in [3.8, 4) is 0 Å². The minimum atomic E-state index is -0.483. The van der Waals surface area contributed by atoms with E-state index >= 15 is 0 Å². The lowest BCUT2D eigenvalue weighted by Gasteiger charge is -2.04. The van der Waals surface area contributed by atoms with Gasteiger partial charge in [-0.15, -0.1) is 5.10 Å². The van der Waals surface area contributed by atoms with Gasteiger partial charge in [0, 0.05) is 16.5 Å². The summed E-state index contributed by atoms with van der Waals surface area (Å²) in [5.41, 5.74) is 0.00960. The molecule has 1 aliphatic carbocycles. The van der Waals surface area contributed by atoms with Gasteiger partial charge < -0.3 is 0 Å². The standard InChI is InChI=1S/C12H10FN3O2S/c13-8-3-7(6-17)4-10(5-8)19-12-15-14-11(18)16(12)9-1-2-9/h3-6,9H,1-2H2,(H,14,18). The van der Waals surface area contributed by atoms with E-state index in [0.29, 0.717) is 16.3 Å². The second-order valence-electron chi connectivity index (χ2n) is 4.35. The number of nitrogens with zero attached hydrogens (tertiary/aromatic N) is 2. The molecular formula is C12H10FN3O2S. The fraction of sp³-hybridized carbons (Fsp3) is 0.250. The van der Waals surface area contributed by atoms with E-state index in [-0.39, 0.29) is 17.3 Å². The van der Waals surface area contributed by atoms with Crippen LogP contribution in [0.5, 0.6) is 0 Å². The lowest BCUT2D eigenvalue weighted by atomic mass is 10.2. The third-order valence-corrected chi connectivity index (χ3v) is 3.76. The highest BCUT2D eigenvalue weighted by Gasteiger charge is 2.28. The molecule has 3 rings (SSSR count). The number of H-pyrrole nitrogens is 1. The molecule has 98 valence electrons. The maximum atomic E-state index is 13.3. The zero-order valence-electron chi connectivity index (χ0n) is 9.80. The molecule has 5 nitrogen and oxygen atoms in total. The zero-order chi connectivity index (χ0) is 13.4. The van der Waals surface area contributed by atoms with E-state index in [4.69, 9.17) is 0 Å². The largest absolute Gasteiger partial charge is 0.344 e. The van der Waals surface area contributed by atoms with Crippen LogP contribution in [0.15, 0.2) is 33.0 Å². The minimum Gasteiger partial charge on any atom is -0.298 e. The number of halogens is 1. The Morgan fingerprint density at radius 1 is 1.42 bits per heavy atom. The number of nitrogens with one attached hydrogen (secondary N) is 1. The summed E-state index contributed by atoms with van der Waals surface area (Å²) in [4.78, 5) is 22.8. The van der Waals surface area contributed by atoms with Crippen LogP contribution in [-0.4, -0.2) is 21.1 Å². The van der Waals surface area contributed by atoms with Gasteiger partial charge >= 0.3 is 5.69 Å². The quantitative estimate of drug-likeness (QED) is 0.869. The van der Waals surface area contributed by atoms with Crippen LogP contribution >= 0.6 is 11.8 Å². The smallest absolute Gasteiger partial charge is 0.298 e. The molecule has 1 saturated carbocycles. The van der Waals surface area contributed by atoms with Crippen molar-refractivity contribution in [2.45, 2.75) is 28.9 Å². The second-order valence-corrected chi connectivity index (χ2v) is 5.39. The molecule has 1 aromatic carbocycles. The van der Waals surface area contributed by atoms with Crippen molar-refractivity contribution in [3.63, 3.8) is 0 Å². The molecule has 7 heteroatoms. The monoisotopic (exact) mass is 279 g/mol. The van der Waals surface area contributed by atoms with Gasteiger partial charge in [0.05, 0.1) is 0 Å². The molecule has 1 heterocycles. The van der Waals surface area contributed by atoms with Crippen LogP contribution in [-0.2, 0) is 0 Å². The molecule has 0 spiro atoms. The van der Waals surface area contributed by atoms with Crippen LogP contribution in [0.2, 0.25) is 0 Å². The van der Waals surface area contributed by atoms with E-state index < -0.39 is 5.82 Å². The Balaban J connectivity index is 1.95. The summed E-state index contributed by atoms with van der Waals surface area (Å²) in [6.07, 6.45) is 2.50. The summed E-state index contributed by atoms with van der Waals surface area (Å²) in [5.74, 6) is -0.483. The van der Waals surface area contributed by atoms with Gasteiger partial charge in [-0.3, -0.25) is 9.36 Å². The van der Waals surface area contributed by atoms with E-state index in [1.54, 1.807) is 10.6 Å². The highest BCUT2D eigenvalue weighted by molar-refractivity contribution is 7.99. The van der Waals surface area contributed by atoms with Crippen LogP contribution in [0, 0.1) is 5.82 Å². The van der Waals surface area contributed by atoms with E-state index in [1.165, 1.54) is 17.8 Å². The molecule has 0 radical (unpaired) electrons. The van der Waals surface area contributed by atoms with Gasteiger partial charge in [0.25, 0.3) is 0 Å². The number of aldehydes is 1. The molecule has 1 fully saturated rings. The number of carbonyl (C=O) groups excluding carboxylic acids is 1. The Hall–Kier alpha value is -1.89. The normalized spacial score (nSPS) is 14.6. The number of aromatic amines is 1. The molecule has 0 aliphatic heterocycles. The molecular weight excluding hydrogens is 269 g/mol. The van der Waals surface area contributed by atoms with Crippen LogP contribution in [0.4, 0.5) is 4.39 Å². The first-order valence-electron chi connectivity index (χ1n) is 5.78. The Kier molecular flexibility index (Phi) is 2.98. The minimum absolute atomic E-state index is 0.188. The maximum Gasteiger partial charge on any atom is 0.344 e. The summed E-state index contributed by atoms with van der Waals surface area (Å²) in [7, 11) is 0. The summed E-state index contributed by atoms with van der Waals surface area (Å²) >= 11 is 1.17. The lowest BCUT2D eigenvalue weighted by molar-refractivity contribution is 0.112. The molecule has 1 N–H and O–H groups in total. The highest BCUT2D eigenvalue weighted by Crippen LogP contribution is 2.37. The molecule has 19 heavy (non-hydrogen) atoms. The number of carbonyl (C=O) groups is 1. The van der Waals surface area contributed by atoms with Gasteiger partial charge in [0.2, 0.25) is 0 Å². The average Bonchev–Trinajstić information content (AvgIpc) is 3.14. The fourth-order valence-corrected chi connectivity index (χ4v) is 2.83. The van der Waals surface area contributed by atoms with Crippen molar-refractivity contribution in [2.24, 2.45) is 0 Å². The topological polar surface area (TPSA) is 67.8 Å². The van der Waals surface area contributed by atoms with Gasteiger partial charge in [-0.05, 0) is 42.8 Å².